The van der Waals surface area contributed by atoms with Crippen molar-refractivity contribution in [2.75, 3.05) is 0 Å². The number of nitrogens with one attached hydrogen (secondary N) is 1. The molecule has 0 saturated carbocycles. The molecule has 2 aromatic heterocycles. The van der Waals surface area contributed by atoms with E-state index in [2.05, 4.69) is 20.4 Å². The Morgan fingerprint density at radius 1 is 1.54 bits per heavy atom. The van der Waals surface area contributed by atoms with Crippen molar-refractivity contribution < 1.29 is 4.42 Å². The van der Waals surface area contributed by atoms with Crippen molar-refractivity contribution in [1.29, 1.82) is 0 Å². The Morgan fingerprint density at radius 2 is 2.38 bits per heavy atom. The molecule has 0 amide bonds. The normalized spacial score (nSPS) is 13.1. The van der Waals surface area contributed by atoms with Gasteiger partial charge in [0.1, 0.15) is 5.69 Å². The van der Waals surface area contributed by atoms with Crippen LogP contribution in [-0.2, 0) is 0 Å². The third-order valence-corrected chi connectivity index (χ3v) is 1.56. The lowest BCUT2D eigenvalue weighted by Gasteiger charge is -1.93. The van der Waals surface area contributed by atoms with Gasteiger partial charge >= 0.3 is 0 Å². The van der Waals surface area contributed by atoms with Gasteiger partial charge in [0, 0.05) is 6.20 Å². The molecule has 68 valence electrons. The Kier molecular flexibility index (Phi) is 1.82. The molecule has 13 heavy (non-hydrogen) atoms. The Labute approximate surface area is 74.2 Å². The first-order chi connectivity index (χ1) is 6.27. The van der Waals surface area contributed by atoms with Gasteiger partial charge in [0.2, 0.25) is 5.89 Å². The average molecular weight is 179 g/mol. The van der Waals surface area contributed by atoms with Crippen LogP contribution in [0.15, 0.2) is 16.7 Å². The van der Waals surface area contributed by atoms with E-state index in [1.54, 1.807) is 19.2 Å². The first-order valence-electron chi connectivity index (χ1n) is 3.86. The van der Waals surface area contributed by atoms with Gasteiger partial charge < -0.3 is 10.2 Å². The number of hydrogen-bond donors (Lipinski definition) is 2. The maximum atomic E-state index is 5.56. The van der Waals surface area contributed by atoms with Crippen LogP contribution < -0.4 is 5.73 Å². The zero-order valence-electron chi connectivity index (χ0n) is 7.06. The fourth-order valence-electron chi connectivity index (χ4n) is 0.902. The number of H-pyrrole nitrogens is 1. The predicted octanol–water partition coefficient (Wildman–Crippen LogP) is 0.479. The number of nitrogens with two attached hydrogens (primary N) is 1. The van der Waals surface area contributed by atoms with Crippen LogP contribution in [0, 0.1) is 0 Å². The molecule has 1 atom stereocenters. The van der Waals surface area contributed by atoms with E-state index in [0.717, 1.165) is 0 Å². The Balaban J connectivity index is 2.33. The fourth-order valence-corrected chi connectivity index (χ4v) is 0.902. The summed E-state index contributed by atoms with van der Waals surface area (Å²) in [6, 6.07) is 1.50. The molecule has 0 unspecified atom stereocenters. The zero-order valence-corrected chi connectivity index (χ0v) is 7.06. The molecule has 0 aliphatic rings. The molecule has 2 rings (SSSR count). The quantitative estimate of drug-likeness (QED) is 0.699. The molecule has 6 nitrogen and oxygen atoms in total. The molecule has 0 saturated heterocycles. The average Bonchev–Trinajstić information content (AvgIpc) is 2.75. The Hall–Kier alpha value is -1.69. The third kappa shape index (κ3) is 1.43. The number of hydrogen-bond acceptors (Lipinski definition) is 5. The molecule has 6 heteroatoms. The summed E-state index contributed by atoms with van der Waals surface area (Å²) in [6.45, 7) is 1.78. The molecule has 0 radical (unpaired) electrons. The topological polar surface area (TPSA) is 93.6 Å². The molecule has 0 bridgehead atoms. The maximum Gasteiger partial charge on any atom is 0.265 e. The molecular formula is C7H9N5O. The van der Waals surface area contributed by atoms with Gasteiger partial charge in [-0.2, -0.15) is 5.10 Å². The fraction of sp³-hybridized carbons (Fsp3) is 0.286. The molecule has 0 aliphatic carbocycles. The van der Waals surface area contributed by atoms with Gasteiger partial charge in [-0.3, -0.25) is 5.10 Å². The van der Waals surface area contributed by atoms with E-state index < -0.39 is 0 Å². The van der Waals surface area contributed by atoms with Crippen LogP contribution in [0.1, 0.15) is 18.9 Å². The van der Waals surface area contributed by atoms with Crippen LogP contribution in [0.5, 0.6) is 0 Å². The van der Waals surface area contributed by atoms with Crippen molar-refractivity contribution in [3.63, 3.8) is 0 Å². The highest BCUT2D eigenvalue weighted by atomic mass is 16.4. The standard InChI is InChI=1S/C7H9N5O/c1-4(8)6-11-12-7(13-6)5-2-3-9-10-5/h2-4H,8H2,1H3,(H,9,10)/t4-/m0/s1. The van der Waals surface area contributed by atoms with Crippen LogP contribution >= 0.6 is 0 Å². The molecule has 0 aromatic carbocycles. The molecule has 2 aromatic rings. The second-order valence-corrected chi connectivity index (χ2v) is 2.70. The first-order valence-corrected chi connectivity index (χ1v) is 3.86. The Bertz CT molecular complexity index is 377. The Morgan fingerprint density at radius 3 is 2.92 bits per heavy atom. The van der Waals surface area contributed by atoms with Crippen molar-refractivity contribution in [3.05, 3.63) is 18.2 Å². The SMILES string of the molecule is C[C@H](N)c1nnc(-c2ccn[nH]2)o1. The van der Waals surface area contributed by atoms with Crippen molar-refractivity contribution >= 4 is 0 Å². The lowest BCUT2D eigenvalue weighted by molar-refractivity contribution is 0.472. The van der Waals surface area contributed by atoms with Crippen LogP contribution in [0.4, 0.5) is 0 Å². The highest BCUT2D eigenvalue weighted by Gasteiger charge is 2.11. The van der Waals surface area contributed by atoms with E-state index in [9.17, 15) is 0 Å². The summed E-state index contributed by atoms with van der Waals surface area (Å²) < 4.78 is 5.27. The lowest BCUT2D eigenvalue weighted by Crippen LogP contribution is -2.04. The van der Waals surface area contributed by atoms with Gasteiger partial charge in [-0.1, -0.05) is 0 Å². The predicted molar refractivity (Wildman–Crippen MR) is 44.5 cm³/mol. The summed E-state index contributed by atoms with van der Waals surface area (Å²) in [5.41, 5.74) is 6.25. The van der Waals surface area contributed by atoms with Gasteiger partial charge in [0.25, 0.3) is 5.89 Å². The highest BCUT2D eigenvalue weighted by molar-refractivity contribution is 5.44. The summed E-state index contributed by atoms with van der Waals surface area (Å²) >= 11 is 0. The van der Waals surface area contributed by atoms with E-state index in [1.165, 1.54) is 0 Å². The summed E-state index contributed by atoms with van der Waals surface area (Å²) in [7, 11) is 0. The first kappa shape index (κ1) is 7.93. The largest absolute Gasteiger partial charge is 0.418 e. The van der Waals surface area contributed by atoms with Gasteiger partial charge in [0.15, 0.2) is 0 Å². The monoisotopic (exact) mass is 179 g/mol. The van der Waals surface area contributed by atoms with E-state index in [1.807, 2.05) is 0 Å². The molecule has 2 heterocycles. The van der Waals surface area contributed by atoms with Gasteiger partial charge in [0.05, 0.1) is 6.04 Å². The van der Waals surface area contributed by atoms with Gasteiger partial charge in [-0.15, -0.1) is 10.2 Å². The number of aromatic nitrogens is 4. The number of aromatic amines is 1. The van der Waals surface area contributed by atoms with Crippen LogP contribution in [0.2, 0.25) is 0 Å². The maximum absolute atomic E-state index is 5.56. The van der Waals surface area contributed by atoms with Crippen LogP contribution in [-0.4, -0.2) is 20.4 Å². The minimum absolute atomic E-state index is 0.246. The van der Waals surface area contributed by atoms with Gasteiger partial charge in [-0.25, -0.2) is 0 Å². The molecule has 3 N–H and O–H groups in total. The molecule has 0 spiro atoms. The van der Waals surface area contributed by atoms with E-state index >= 15 is 0 Å². The molecule has 0 aliphatic heterocycles. The number of rotatable bonds is 2. The second-order valence-electron chi connectivity index (χ2n) is 2.70. The van der Waals surface area contributed by atoms with Crippen LogP contribution in [0.25, 0.3) is 11.6 Å². The smallest absolute Gasteiger partial charge is 0.265 e. The van der Waals surface area contributed by atoms with Crippen molar-refractivity contribution in [3.8, 4) is 11.6 Å². The van der Waals surface area contributed by atoms with E-state index in [0.29, 0.717) is 17.5 Å². The summed E-state index contributed by atoms with van der Waals surface area (Å²) in [5, 5.41) is 14.1. The summed E-state index contributed by atoms with van der Waals surface area (Å²) in [5.74, 6) is 0.828. The minimum atomic E-state index is -0.246. The van der Waals surface area contributed by atoms with Crippen molar-refractivity contribution in [2.45, 2.75) is 13.0 Å². The number of nitrogens with zero attached hydrogens (tertiary/aromatic N) is 3. The lowest BCUT2D eigenvalue weighted by atomic mass is 10.4. The molecular weight excluding hydrogens is 170 g/mol. The van der Waals surface area contributed by atoms with Crippen LogP contribution in [0.3, 0.4) is 0 Å². The molecule has 0 fully saturated rings. The van der Waals surface area contributed by atoms with E-state index in [4.69, 9.17) is 10.2 Å². The summed E-state index contributed by atoms with van der Waals surface area (Å²) in [6.07, 6.45) is 1.62. The zero-order chi connectivity index (χ0) is 9.26. The van der Waals surface area contributed by atoms with Gasteiger partial charge in [-0.05, 0) is 13.0 Å². The van der Waals surface area contributed by atoms with Crippen molar-refractivity contribution in [2.24, 2.45) is 5.73 Å². The minimum Gasteiger partial charge on any atom is -0.418 e. The second kappa shape index (κ2) is 2.98. The third-order valence-electron chi connectivity index (χ3n) is 1.56. The summed E-state index contributed by atoms with van der Waals surface area (Å²) in [4.78, 5) is 0. The van der Waals surface area contributed by atoms with E-state index in [-0.39, 0.29) is 6.04 Å². The van der Waals surface area contributed by atoms with Crippen molar-refractivity contribution in [1.82, 2.24) is 20.4 Å². The highest BCUT2D eigenvalue weighted by Crippen LogP contribution is 2.16.